The van der Waals surface area contributed by atoms with Crippen LogP contribution in [0.3, 0.4) is 0 Å². The topological polar surface area (TPSA) is 104 Å². The number of carbonyl (C=O) groups is 2. The van der Waals surface area contributed by atoms with Gasteiger partial charge in [-0.3, -0.25) is 19.7 Å². The van der Waals surface area contributed by atoms with Gasteiger partial charge in [0.2, 0.25) is 5.91 Å². The van der Waals surface area contributed by atoms with Crippen molar-refractivity contribution >= 4 is 17.5 Å². The second kappa shape index (κ2) is 5.16. The van der Waals surface area contributed by atoms with E-state index in [1.54, 1.807) is 7.05 Å². The Kier molecular flexibility index (Phi) is 3.55. The first kappa shape index (κ1) is 13.8. The number of hydrogen-bond acceptors (Lipinski definition) is 5. The van der Waals surface area contributed by atoms with E-state index in [0.29, 0.717) is 13.1 Å². The number of carbonyl (C=O) groups excluding carboxylic acids is 2. The monoisotopic (exact) mass is 279 g/mol. The van der Waals surface area contributed by atoms with Crippen LogP contribution in [0.15, 0.2) is 18.2 Å². The number of rotatable bonds is 2. The zero-order chi connectivity index (χ0) is 14.9. The maximum Gasteiger partial charge on any atom is 0.282 e. The SMILES string of the molecule is CN1CCN(C(=O)c2cc(O)ccc2[N+](=O)[O-])CC1=O. The second-order valence-electron chi connectivity index (χ2n) is 4.50. The molecule has 1 heterocycles. The van der Waals surface area contributed by atoms with E-state index in [2.05, 4.69) is 0 Å². The smallest absolute Gasteiger partial charge is 0.282 e. The van der Waals surface area contributed by atoms with Gasteiger partial charge in [-0.1, -0.05) is 0 Å². The van der Waals surface area contributed by atoms with Gasteiger partial charge in [0.25, 0.3) is 11.6 Å². The first-order valence-electron chi connectivity index (χ1n) is 5.91. The van der Waals surface area contributed by atoms with E-state index in [1.807, 2.05) is 0 Å². The standard InChI is InChI=1S/C12H13N3O5/c1-13-4-5-14(7-11(13)17)12(18)9-6-8(16)2-3-10(9)15(19)20/h2-3,6,16H,4-5,7H2,1H3. The Morgan fingerprint density at radius 2 is 2.10 bits per heavy atom. The first-order chi connectivity index (χ1) is 9.40. The number of aromatic hydroxyl groups is 1. The van der Waals surface area contributed by atoms with Crippen molar-refractivity contribution in [1.29, 1.82) is 0 Å². The molecule has 8 heteroatoms. The molecular formula is C12H13N3O5. The largest absolute Gasteiger partial charge is 0.508 e. The molecule has 1 fully saturated rings. The highest BCUT2D eigenvalue weighted by molar-refractivity contribution is 6.00. The highest BCUT2D eigenvalue weighted by Crippen LogP contribution is 2.25. The highest BCUT2D eigenvalue weighted by Gasteiger charge is 2.30. The van der Waals surface area contributed by atoms with Crippen LogP contribution >= 0.6 is 0 Å². The van der Waals surface area contributed by atoms with Crippen LogP contribution < -0.4 is 0 Å². The van der Waals surface area contributed by atoms with Gasteiger partial charge in [-0.25, -0.2) is 0 Å². The van der Waals surface area contributed by atoms with Crippen molar-refractivity contribution in [3.05, 3.63) is 33.9 Å². The van der Waals surface area contributed by atoms with E-state index in [9.17, 15) is 24.8 Å². The van der Waals surface area contributed by atoms with Gasteiger partial charge >= 0.3 is 0 Å². The number of phenolic OH excluding ortho intramolecular Hbond substituents is 1. The van der Waals surface area contributed by atoms with Crippen LogP contribution in [0.2, 0.25) is 0 Å². The summed E-state index contributed by atoms with van der Waals surface area (Å²) in [4.78, 5) is 36.8. The zero-order valence-electron chi connectivity index (χ0n) is 10.8. The van der Waals surface area contributed by atoms with Crippen LogP contribution in [-0.2, 0) is 4.79 Å². The predicted molar refractivity (Wildman–Crippen MR) is 68.3 cm³/mol. The third kappa shape index (κ3) is 2.53. The summed E-state index contributed by atoms with van der Waals surface area (Å²) in [6.45, 7) is 0.549. The summed E-state index contributed by atoms with van der Waals surface area (Å²) in [7, 11) is 1.63. The Labute approximate surface area is 114 Å². The molecule has 1 aromatic rings. The Bertz CT molecular complexity index is 586. The summed E-state index contributed by atoms with van der Waals surface area (Å²) in [5, 5.41) is 20.3. The molecule has 1 aromatic carbocycles. The van der Waals surface area contributed by atoms with Crippen LogP contribution in [0.1, 0.15) is 10.4 Å². The molecule has 2 rings (SSSR count). The van der Waals surface area contributed by atoms with E-state index >= 15 is 0 Å². The molecule has 0 unspecified atom stereocenters. The van der Waals surface area contributed by atoms with Crippen molar-refractivity contribution in [2.24, 2.45) is 0 Å². The third-order valence-corrected chi connectivity index (χ3v) is 3.15. The molecule has 0 saturated carbocycles. The molecule has 0 radical (unpaired) electrons. The molecule has 0 spiro atoms. The fourth-order valence-corrected chi connectivity index (χ4v) is 1.96. The van der Waals surface area contributed by atoms with Crippen molar-refractivity contribution < 1.29 is 19.6 Å². The Morgan fingerprint density at radius 3 is 2.70 bits per heavy atom. The van der Waals surface area contributed by atoms with Crippen LogP contribution in [0.25, 0.3) is 0 Å². The lowest BCUT2D eigenvalue weighted by Crippen LogP contribution is -2.50. The van der Waals surface area contributed by atoms with E-state index in [4.69, 9.17) is 0 Å². The minimum atomic E-state index is -0.690. The summed E-state index contributed by atoms with van der Waals surface area (Å²) in [5.41, 5.74) is -0.605. The van der Waals surface area contributed by atoms with Gasteiger partial charge in [-0.2, -0.15) is 0 Å². The summed E-state index contributed by atoms with van der Waals surface area (Å²) < 4.78 is 0. The lowest BCUT2D eigenvalue weighted by atomic mass is 10.1. The van der Waals surface area contributed by atoms with Crippen molar-refractivity contribution in [2.45, 2.75) is 0 Å². The Balaban J connectivity index is 2.31. The summed E-state index contributed by atoms with van der Waals surface area (Å²) >= 11 is 0. The number of benzene rings is 1. The molecule has 8 nitrogen and oxygen atoms in total. The van der Waals surface area contributed by atoms with Crippen LogP contribution in [0, 0.1) is 10.1 Å². The lowest BCUT2D eigenvalue weighted by Gasteiger charge is -2.31. The normalized spacial score (nSPS) is 15.3. The number of likely N-dealkylation sites (N-methyl/N-ethyl adjacent to an activating group) is 1. The quantitative estimate of drug-likeness (QED) is 0.615. The third-order valence-electron chi connectivity index (χ3n) is 3.15. The minimum Gasteiger partial charge on any atom is -0.508 e. The molecular weight excluding hydrogens is 266 g/mol. The number of amides is 2. The molecule has 2 amide bonds. The average molecular weight is 279 g/mol. The molecule has 20 heavy (non-hydrogen) atoms. The first-order valence-corrected chi connectivity index (χ1v) is 5.91. The fourth-order valence-electron chi connectivity index (χ4n) is 1.96. The number of piperazine rings is 1. The number of nitro benzene ring substituents is 1. The van der Waals surface area contributed by atoms with Gasteiger partial charge in [0.1, 0.15) is 17.9 Å². The number of nitro groups is 1. The highest BCUT2D eigenvalue weighted by atomic mass is 16.6. The predicted octanol–water partition coefficient (Wildman–Crippen LogP) is 0.215. The van der Waals surface area contributed by atoms with Crippen molar-refractivity contribution in [1.82, 2.24) is 9.80 Å². The number of phenols is 1. The maximum atomic E-state index is 12.3. The summed E-state index contributed by atoms with van der Waals surface area (Å²) in [6, 6.07) is 3.26. The van der Waals surface area contributed by atoms with E-state index in [0.717, 1.165) is 18.2 Å². The Hall–Kier alpha value is -2.64. The number of hydrogen-bond donors (Lipinski definition) is 1. The molecule has 0 aromatic heterocycles. The van der Waals surface area contributed by atoms with Gasteiger partial charge in [-0.05, 0) is 12.1 Å². The maximum absolute atomic E-state index is 12.3. The van der Waals surface area contributed by atoms with E-state index in [-0.39, 0.29) is 29.5 Å². The summed E-state index contributed by atoms with van der Waals surface area (Å²) in [6.07, 6.45) is 0. The molecule has 1 N–H and O–H groups in total. The molecule has 1 saturated heterocycles. The van der Waals surface area contributed by atoms with Gasteiger partial charge < -0.3 is 14.9 Å². The van der Waals surface area contributed by atoms with Crippen LogP contribution in [-0.4, -0.2) is 58.3 Å². The summed E-state index contributed by atoms with van der Waals surface area (Å²) in [5.74, 6) is -1.10. The fraction of sp³-hybridized carbons (Fsp3) is 0.333. The lowest BCUT2D eigenvalue weighted by molar-refractivity contribution is -0.385. The average Bonchev–Trinajstić information content (AvgIpc) is 2.40. The van der Waals surface area contributed by atoms with E-state index in [1.165, 1.54) is 9.80 Å². The molecule has 106 valence electrons. The van der Waals surface area contributed by atoms with Gasteiger partial charge in [0, 0.05) is 26.2 Å². The Morgan fingerprint density at radius 1 is 1.40 bits per heavy atom. The molecule has 1 aliphatic rings. The van der Waals surface area contributed by atoms with Gasteiger partial charge in [0.15, 0.2) is 0 Å². The van der Waals surface area contributed by atoms with Gasteiger partial charge in [-0.15, -0.1) is 0 Å². The second-order valence-corrected chi connectivity index (χ2v) is 4.50. The van der Waals surface area contributed by atoms with Crippen molar-refractivity contribution in [3.63, 3.8) is 0 Å². The molecule has 0 atom stereocenters. The van der Waals surface area contributed by atoms with Crippen molar-refractivity contribution in [3.8, 4) is 5.75 Å². The number of nitrogens with zero attached hydrogens (tertiary/aromatic N) is 3. The van der Waals surface area contributed by atoms with E-state index < -0.39 is 10.8 Å². The van der Waals surface area contributed by atoms with Crippen molar-refractivity contribution in [2.75, 3.05) is 26.7 Å². The zero-order valence-corrected chi connectivity index (χ0v) is 10.8. The van der Waals surface area contributed by atoms with Crippen LogP contribution in [0.4, 0.5) is 5.69 Å². The van der Waals surface area contributed by atoms with Gasteiger partial charge in [0.05, 0.1) is 4.92 Å². The molecule has 0 aliphatic carbocycles. The molecule has 1 aliphatic heterocycles. The van der Waals surface area contributed by atoms with Crippen LogP contribution in [0.5, 0.6) is 5.75 Å². The minimum absolute atomic E-state index is 0.123. The molecule has 0 bridgehead atoms.